The van der Waals surface area contributed by atoms with Crippen molar-refractivity contribution in [1.29, 1.82) is 0 Å². The lowest BCUT2D eigenvalue weighted by molar-refractivity contribution is -0.118. The number of ether oxygens (including phenoxy) is 3. The average Bonchev–Trinajstić information content (AvgIpc) is 2.78. The Hall–Kier alpha value is -3.67. The maximum absolute atomic E-state index is 12.3. The van der Waals surface area contributed by atoms with Crippen molar-refractivity contribution in [3.05, 3.63) is 77.9 Å². The molecule has 2 N–H and O–H groups in total. The molecule has 0 radical (unpaired) electrons. The molecule has 0 aliphatic rings. The SMILES string of the molecule is COc1ccccc1NC(=O)COc1ccc(CNc2ccc(C)cc2)cc1OC. The summed E-state index contributed by atoms with van der Waals surface area (Å²) in [4.78, 5) is 12.3. The summed E-state index contributed by atoms with van der Waals surface area (Å²) in [6.07, 6.45) is 0. The van der Waals surface area contributed by atoms with Gasteiger partial charge in [0.05, 0.1) is 19.9 Å². The van der Waals surface area contributed by atoms with Gasteiger partial charge in [-0.25, -0.2) is 0 Å². The van der Waals surface area contributed by atoms with Crippen LogP contribution in [0, 0.1) is 6.92 Å². The highest BCUT2D eigenvalue weighted by Gasteiger charge is 2.11. The molecule has 6 heteroatoms. The monoisotopic (exact) mass is 406 g/mol. The average molecular weight is 406 g/mol. The molecule has 0 heterocycles. The number of aryl methyl sites for hydroxylation is 1. The molecular weight excluding hydrogens is 380 g/mol. The Bertz CT molecular complexity index is 987. The highest BCUT2D eigenvalue weighted by molar-refractivity contribution is 5.93. The highest BCUT2D eigenvalue weighted by atomic mass is 16.5. The summed E-state index contributed by atoms with van der Waals surface area (Å²) in [6, 6.07) is 21.1. The van der Waals surface area contributed by atoms with E-state index in [1.54, 1.807) is 32.4 Å². The lowest BCUT2D eigenvalue weighted by atomic mass is 10.2. The van der Waals surface area contributed by atoms with Gasteiger partial charge in [-0.3, -0.25) is 4.79 Å². The minimum atomic E-state index is -0.285. The van der Waals surface area contributed by atoms with Crippen LogP contribution in [0.4, 0.5) is 11.4 Å². The van der Waals surface area contributed by atoms with E-state index in [1.807, 2.05) is 36.4 Å². The Morgan fingerprint density at radius 1 is 0.867 bits per heavy atom. The number of hydrogen-bond donors (Lipinski definition) is 2. The quantitative estimate of drug-likeness (QED) is 0.542. The van der Waals surface area contributed by atoms with Crippen LogP contribution < -0.4 is 24.8 Å². The molecule has 0 aromatic heterocycles. The Morgan fingerprint density at radius 2 is 1.60 bits per heavy atom. The molecule has 156 valence electrons. The van der Waals surface area contributed by atoms with Gasteiger partial charge in [-0.1, -0.05) is 35.9 Å². The van der Waals surface area contributed by atoms with Crippen LogP contribution in [-0.4, -0.2) is 26.7 Å². The molecule has 0 unspecified atom stereocenters. The second-order valence-electron chi connectivity index (χ2n) is 6.74. The number of para-hydroxylation sites is 2. The zero-order valence-electron chi connectivity index (χ0n) is 17.4. The fourth-order valence-electron chi connectivity index (χ4n) is 2.89. The van der Waals surface area contributed by atoms with Crippen LogP contribution in [-0.2, 0) is 11.3 Å². The second kappa shape index (κ2) is 10.2. The first-order valence-electron chi connectivity index (χ1n) is 9.62. The van der Waals surface area contributed by atoms with Crippen molar-refractivity contribution in [1.82, 2.24) is 0 Å². The Labute approximate surface area is 176 Å². The van der Waals surface area contributed by atoms with Gasteiger partial charge in [-0.05, 0) is 48.9 Å². The van der Waals surface area contributed by atoms with Gasteiger partial charge >= 0.3 is 0 Å². The zero-order chi connectivity index (χ0) is 21.3. The third-order valence-electron chi connectivity index (χ3n) is 4.52. The summed E-state index contributed by atoms with van der Waals surface area (Å²) in [6.45, 7) is 2.56. The van der Waals surface area contributed by atoms with Crippen molar-refractivity contribution in [2.45, 2.75) is 13.5 Å². The third kappa shape index (κ3) is 5.67. The van der Waals surface area contributed by atoms with Crippen LogP contribution in [0.15, 0.2) is 66.7 Å². The lowest BCUT2D eigenvalue weighted by Gasteiger charge is -2.14. The van der Waals surface area contributed by atoms with E-state index in [0.717, 1.165) is 11.3 Å². The molecule has 0 aliphatic carbocycles. The zero-order valence-corrected chi connectivity index (χ0v) is 17.4. The Balaban J connectivity index is 1.58. The molecule has 0 fully saturated rings. The first-order chi connectivity index (χ1) is 14.6. The fraction of sp³-hybridized carbons (Fsp3) is 0.208. The van der Waals surface area contributed by atoms with Crippen LogP contribution in [0.1, 0.15) is 11.1 Å². The van der Waals surface area contributed by atoms with E-state index in [9.17, 15) is 4.79 Å². The molecule has 3 aromatic carbocycles. The number of benzene rings is 3. The number of rotatable bonds is 9. The maximum atomic E-state index is 12.3. The summed E-state index contributed by atoms with van der Waals surface area (Å²) in [5.41, 5.74) is 3.91. The smallest absolute Gasteiger partial charge is 0.262 e. The molecule has 3 rings (SSSR count). The molecule has 0 atom stereocenters. The Morgan fingerprint density at radius 3 is 2.33 bits per heavy atom. The van der Waals surface area contributed by atoms with Crippen LogP contribution in [0.25, 0.3) is 0 Å². The second-order valence-corrected chi connectivity index (χ2v) is 6.74. The molecule has 30 heavy (non-hydrogen) atoms. The van der Waals surface area contributed by atoms with E-state index >= 15 is 0 Å². The molecule has 6 nitrogen and oxygen atoms in total. The number of carbonyl (C=O) groups excluding carboxylic acids is 1. The molecule has 0 saturated carbocycles. The summed E-state index contributed by atoms with van der Waals surface area (Å²) in [7, 11) is 3.13. The number of anilines is 2. The molecular formula is C24H26N2O4. The van der Waals surface area contributed by atoms with E-state index in [4.69, 9.17) is 14.2 Å². The molecule has 3 aromatic rings. The molecule has 0 saturated heterocycles. The standard InChI is InChI=1S/C24H26N2O4/c1-17-8-11-19(12-9-17)25-15-18-10-13-22(23(14-18)29-3)30-16-24(27)26-20-6-4-5-7-21(20)28-2/h4-14,25H,15-16H2,1-3H3,(H,26,27). The highest BCUT2D eigenvalue weighted by Crippen LogP contribution is 2.29. The molecule has 0 spiro atoms. The van der Waals surface area contributed by atoms with Crippen molar-refractivity contribution in [3.8, 4) is 17.2 Å². The van der Waals surface area contributed by atoms with E-state index < -0.39 is 0 Å². The number of amides is 1. The van der Waals surface area contributed by atoms with Gasteiger partial charge in [0.2, 0.25) is 0 Å². The normalized spacial score (nSPS) is 10.2. The van der Waals surface area contributed by atoms with Crippen molar-refractivity contribution in [2.75, 3.05) is 31.5 Å². The van der Waals surface area contributed by atoms with E-state index in [-0.39, 0.29) is 12.5 Å². The van der Waals surface area contributed by atoms with Crippen LogP contribution in [0.3, 0.4) is 0 Å². The van der Waals surface area contributed by atoms with Gasteiger partial charge in [-0.2, -0.15) is 0 Å². The lowest BCUT2D eigenvalue weighted by Crippen LogP contribution is -2.20. The van der Waals surface area contributed by atoms with Gasteiger partial charge in [0.15, 0.2) is 18.1 Å². The fourth-order valence-corrected chi connectivity index (χ4v) is 2.89. The predicted molar refractivity (Wildman–Crippen MR) is 119 cm³/mol. The minimum absolute atomic E-state index is 0.143. The first-order valence-corrected chi connectivity index (χ1v) is 9.62. The van der Waals surface area contributed by atoms with E-state index in [2.05, 4.69) is 29.7 Å². The number of hydrogen-bond acceptors (Lipinski definition) is 5. The molecule has 1 amide bonds. The van der Waals surface area contributed by atoms with Crippen molar-refractivity contribution in [3.63, 3.8) is 0 Å². The molecule has 0 aliphatic heterocycles. The van der Waals surface area contributed by atoms with Crippen LogP contribution >= 0.6 is 0 Å². The third-order valence-corrected chi connectivity index (χ3v) is 4.52. The van der Waals surface area contributed by atoms with Crippen LogP contribution in [0.5, 0.6) is 17.2 Å². The molecule has 0 bridgehead atoms. The topological polar surface area (TPSA) is 68.8 Å². The van der Waals surface area contributed by atoms with Gasteiger partial charge in [0.25, 0.3) is 5.91 Å². The summed E-state index contributed by atoms with van der Waals surface area (Å²) < 4.78 is 16.3. The number of carbonyl (C=O) groups is 1. The van der Waals surface area contributed by atoms with Gasteiger partial charge in [0, 0.05) is 12.2 Å². The predicted octanol–water partition coefficient (Wildman–Crippen LogP) is 4.64. The number of nitrogens with one attached hydrogen (secondary N) is 2. The summed E-state index contributed by atoms with van der Waals surface area (Å²) in [5.74, 6) is 1.38. The minimum Gasteiger partial charge on any atom is -0.495 e. The van der Waals surface area contributed by atoms with Crippen molar-refractivity contribution < 1.29 is 19.0 Å². The van der Waals surface area contributed by atoms with E-state index in [0.29, 0.717) is 29.5 Å². The number of methoxy groups -OCH3 is 2. The van der Waals surface area contributed by atoms with Crippen LogP contribution in [0.2, 0.25) is 0 Å². The van der Waals surface area contributed by atoms with Gasteiger partial charge < -0.3 is 24.8 Å². The summed E-state index contributed by atoms with van der Waals surface area (Å²) in [5, 5.41) is 6.16. The maximum Gasteiger partial charge on any atom is 0.262 e. The van der Waals surface area contributed by atoms with E-state index in [1.165, 1.54) is 5.56 Å². The van der Waals surface area contributed by atoms with Crippen molar-refractivity contribution >= 4 is 17.3 Å². The first kappa shape index (κ1) is 21.0. The summed E-state index contributed by atoms with van der Waals surface area (Å²) >= 11 is 0. The largest absolute Gasteiger partial charge is 0.495 e. The van der Waals surface area contributed by atoms with Crippen molar-refractivity contribution in [2.24, 2.45) is 0 Å². The van der Waals surface area contributed by atoms with Gasteiger partial charge in [0.1, 0.15) is 5.75 Å². The Kier molecular flexibility index (Phi) is 7.16. The van der Waals surface area contributed by atoms with Gasteiger partial charge in [-0.15, -0.1) is 0 Å².